The van der Waals surface area contributed by atoms with E-state index in [0.29, 0.717) is 6.61 Å². The number of urea groups is 1. The molecule has 0 heterocycles. The highest BCUT2D eigenvalue weighted by atomic mass is 16.5. The summed E-state index contributed by atoms with van der Waals surface area (Å²) in [4.78, 5) is 12.0. The molecule has 0 aromatic heterocycles. The molecule has 0 fully saturated rings. The topological polar surface area (TPSA) is 70.6 Å². The highest BCUT2D eigenvalue weighted by Crippen LogP contribution is 2.20. The molecule has 0 saturated carbocycles. The number of hydrogen-bond acceptors (Lipinski definition) is 3. The SMILES string of the molecule is CCOc1cccc(C(C)NC(=O)N[C@@H]2C=C[C@H](CO)C2)c1. The molecule has 3 atom stereocenters. The van der Waals surface area contributed by atoms with Crippen LogP contribution in [0.1, 0.15) is 31.9 Å². The van der Waals surface area contributed by atoms with Gasteiger partial charge in [-0.05, 0) is 38.0 Å². The van der Waals surface area contributed by atoms with Gasteiger partial charge in [-0.25, -0.2) is 4.79 Å². The Labute approximate surface area is 131 Å². The first kappa shape index (κ1) is 16.4. The standard InChI is InChI=1S/C17H24N2O3/c1-3-22-16-6-4-5-14(10-16)12(2)18-17(21)19-15-8-7-13(9-15)11-20/h4-8,10,12-13,15,20H,3,9,11H2,1-2H3,(H2,18,19,21)/t12?,13-,15+/m0/s1. The van der Waals surface area contributed by atoms with E-state index in [0.717, 1.165) is 17.7 Å². The number of amides is 2. The van der Waals surface area contributed by atoms with E-state index >= 15 is 0 Å². The first-order chi connectivity index (χ1) is 10.6. The van der Waals surface area contributed by atoms with Crippen LogP contribution < -0.4 is 15.4 Å². The molecule has 22 heavy (non-hydrogen) atoms. The first-order valence-electron chi connectivity index (χ1n) is 7.71. The van der Waals surface area contributed by atoms with Crippen molar-refractivity contribution < 1.29 is 14.6 Å². The number of aliphatic hydroxyl groups is 1. The number of aliphatic hydroxyl groups excluding tert-OH is 1. The third kappa shape index (κ3) is 4.49. The Morgan fingerprint density at radius 3 is 2.95 bits per heavy atom. The van der Waals surface area contributed by atoms with E-state index in [1.165, 1.54) is 0 Å². The maximum atomic E-state index is 12.0. The molecule has 5 nitrogen and oxygen atoms in total. The summed E-state index contributed by atoms with van der Waals surface area (Å²) in [5.74, 6) is 0.948. The number of hydrogen-bond donors (Lipinski definition) is 3. The second-order valence-electron chi connectivity index (χ2n) is 5.51. The fourth-order valence-corrected chi connectivity index (χ4v) is 2.55. The molecule has 1 aliphatic carbocycles. The molecule has 3 N–H and O–H groups in total. The van der Waals surface area contributed by atoms with Crippen LogP contribution in [-0.4, -0.2) is 30.4 Å². The third-order valence-electron chi connectivity index (χ3n) is 3.74. The molecule has 120 valence electrons. The van der Waals surface area contributed by atoms with Gasteiger partial charge in [-0.1, -0.05) is 24.3 Å². The van der Waals surface area contributed by atoms with Crippen molar-refractivity contribution in [1.82, 2.24) is 10.6 Å². The lowest BCUT2D eigenvalue weighted by Crippen LogP contribution is -2.41. The number of carbonyl (C=O) groups is 1. The second kappa shape index (κ2) is 7.84. The van der Waals surface area contributed by atoms with Crippen LogP contribution in [0.2, 0.25) is 0 Å². The maximum Gasteiger partial charge on any atom is 0.315 e. The van der Waals surface area contributed by atoms with Gasteiger partial charge >= 0.3 is 6.03 Å². The average molecular weight is 304 g/mol. The maximum absolute atomic E-state index is 12.0. The zero-order chi connectivity index (χ0) is 15.9. The number of ether oxygens (including phenoxy) is 1. The first-order valence-corrected chi connectivity index (χ1v) is 7.71. The predicted octanol–water partition coefficient (Wildman–Crippen LogP) is 2.38. The number of nitrogens with one attached hydrogen (secondary N) is 2. The summed E-state index contributed by atoms with van der Waals surface area (Å²) in [6, 6.07) is 7.39. The van der Waals surface area contributed by atoms with Crippen molar-refractivity contribution in [3.8, 4) is 5.75 Å². The highest BCUT2D eigenvalue weighted by molar-refractivity contribution is 5.75. The number of carbonyl (C=O) groups excluding carboxylic acids is 1. The third-order valence-corrected chi connectivity index (χ3v) is 3.74. The van der Waals surface area contributed by atoms with Crippen LogP contribution in [-0.2, 0) is 0 Å². The summed E-state index contributed by atoms with van der Waals surface area (Å²) in [6.45, 7) is 4.62. The van der Waals surface area contributed by atoms with Gasteiger partial charge in [-0.2, -0.15) is 0 Å². The van der Waals surface area contributed by atoms with Gasteiger partial charge in [-0.3, -0.25) is 0 Å². The van der Waals surface area contributed by atoms with Crippen LogP contribution in [0.4, 0.5) is 4.79 Å². The van der Waals surface area contributed by atoms with Gasteiger partial charge in [0, 0.05) is 18.6 Å². The van der Waals surface area contributed by atoms with Gasteiger partial charge < -0.3 is 20.5 Å². The van der Waals surface area contributed by atoms with E-state index < -0.39 is 0 Å². The molecule has 0 aliphatic heterocycles. The summed E-state index contributed by atoms with van der Waals surface area (Å²) in [5.41, 5.74) is 0.997. The lowest BCUT2D eigenvalue weighted by molar-refractivity contribution is 0.229. The molecule has 1 aromatic rings. The smallest absolute Gasteiger partial charge is 0.315 e. The summed E-state index contributed by atoms with van der Waals surface area (Å²) < 4.78 is 5.47. The van der Waals surface area contributed by atoms with Crippen molar-refractivity contribution in [3.63, 3.8) is 0 Å². The van der Waals surface area contributed by atoms with E-state index in [1.54, 1.807) is 0 Å². The normalized spacial score (nSPS) is 21.4. The Hall–Kier alpha value is -2.01. The molecule has 0 spiro atoms. The van der Waals surface area contributed by atoms with Crippen LogP contribution in [0, 0.1) is 5.92 Å². The Balaban J connectivity index is 1.86. The fourth-order valence-electron chi connectivity index (χ4n) is 2.55. The average Bonchev–Trinajstić information content (AvgIpc) is 2.95. The molecule has 2 rings (SSSR count). The molecule has 1 aromatic carbocycles. The summed E-state index contributed by atoms with van der Waals surface area (Å²) in [7, 11) is 0. The second-order valence-corrected chi connectivity index (χ2v) is 5.51. The van der Waals surface area contributed by atoms with E-state index in [2.05, 4.69) is 10.6 Å². The van der Waals surface area contributed by atoms with Gasteiger partial charge in [0.25, 0.3) is 0 Å². The molecule has 0 saturated heterocycles. The Bertz CT molecular complexity index is 530. The van der Waals surface area contributed by atoms with Crippen LogP contribution >= 0.6 is 0 Å². The van der Waals surface area contributed by atoms with Crippen LogP contribution in [0.3, 0.4) is 0 Å². The van der Waals surface area contributed by atoms with Crippen molar-refractivity contribution in [3.05, 3.63) is 42.0 Å². The number of benzene rings is 1. The molecular weight excluding hydrogens is 280 g/mol. The largest absolute Gasteiger partial charge is 0.494 e. The molecule has 5 heteroatoms. The summed E-state index contributed by atoms with van der Waals surface area (Å²) >= 11 is 0. The zero-order valence-corrected chi connectivity index (χ0v) is 13.1. The monoisotopic (exact) mass is 304 g/mol. The van der Waals surface area contributed by atoms with E-state index in [1.807, 2.05) is 50.3 Å². The predicted molar refractivity (Wildman–Crippen MR) is 85.8 cm³/mol. The molecule has 0 radical (unpaired) electrons. The fraction of sp³-hybridized carbons (Fsp3) is 0.471. The van der Waals surface area contributed by atoms with Gasteiger partial charge in [0.2, 0.25) is 0 Å². The van der Waals surface area contributed by atoms with Crippen molar-refractivity contribution in [2.24, 2.45) is 5.92 Å². The quantitative estimate of drug-likeness (QED) is 0.707. The molecule has 0 bridgehead atoms. The van der Waals surface area contributed by atoms with Crippen molar-refractivity contribution in [2.45, 2.75) is 32.4 Å². The minimum atomic E-state index is -0.206. The molecular formula is C17H24N2O3. The van der Waals surface area contributed by atoms with Crippen molar-refractivity contribution in [2.75, 3.05) is 13.2 Å². The minimum absolute atomic E-state index is 0.0147. The van der Waals surface area contributed by atoms with E-state index in [4.69, 9.17) is 9.84 Å². The Morgan fingerprint density at radius 2 is 2.27 bits per heavy atom. The highest BCUT2D eigenvalue weighted by Gasteiger charge is 2.20. The molecule has 2 amide bonds. The lowest BCUT2D eigenvalue weighted by Gasteiger charge is -2.18. The molecule has 1 aliphatic rings. The van der Waals surface area contributed by atoms with Crippen molar-refractivity contribution in [1.29, 1.82) is 0 Å². The Morgan fingerprint density at radius 1 is 1.45 bits per heavy atom. The summed E-state index contributed by atoms with van der Waals surface area (Å²) in [5, 5.41) is 14.9. The van der Waals surface area contributed by atoms with Crippen LogP contribution in [0.25, 0.3) is 0 Å². The van der Waals surface area contributed by atoms with Gasteiger partial charge in [0.15, 0.2) is 0 Å². The number of rotatable bonds is 6. The Kier molecular flexibility index (Phi) is 5.83. The van der Waals surface area contributed by atoms with Crippen LogP contribution in [0.15, 0.2) is 36.4 Å². The summed E-state index contributed by atoms with van der Waals surface area (Å²) in [6.07, 6.45) is 4.62. The van der Waals surface area contributed by atoms with Crippen LogP contribution in [0.5, 0.6) is 5.75 Å². The van der Waals surface area contributed by atoms with Gasteiger partial charge in [-0.15, -0.1) is 0 Å². The minimum Gasteiger partial charge on any atom is -0.494 e. The van der Waals surface area contributed by atoms with Gasteiger partial charge in [0.05, 0.1) is 12.6 Å². The lowest BCUT2D eigenvalue weighted by atomic mass is 10.1. The molecule has 1 unspecified atom stereocenters. The van der Waals surface area contributed by atoms with E-state index in [-0.39, 0.29) is 30.6 Å². The van der Waals surface area contributed by atoms with Crippen molar-refractivity contribution >= 4 is 6.03 Å². The van der Waals surface area contributed by atoms with Gasteiger partial charge in [0.1, 0.15) is 5.75 Å². The van der Waals surface area contributed by atoms with E-state index in [9.17, 15) is 4.79 Å². The zero-order valence-electron chi connectivity index (χ0n) is 13.1.